The summed E-state index contributed by atoms with van der Waals surface area (Å²) in [4.78, 5) is 45.3. The van der Waals surface area contributed by atoms with Crippen molar-refractivity contribution in [3.05, 3.63) is 62.5 Å². The number of aromatic amines is 1. The number of H-pyrrole nitrogens is 1. The van der Waals surface area contributed by atoms with Gasteiger partial charge in [-0.05, 0) is 30.4 Å². The Morgan fingerprint density at radius 2 is 2.00 bits per heavy atom. The van der Waals surface area contributed by atoms with Gasteiger partial charge in [-0.1, -0.05) is 30.3 Å². The van der Waals surface area contributed by atoms with E-state index in [4.69, 9.17) is 5.73 Å². The number of thiophene rings is 1. The minimum Gasteiger partial charge on any atom is -0.368 e. The van der Waals surface area contributed by atoms with E-state index in [-0.39, 0.29) is 11.4 Å². The van der Waals surface area contributed by atoms with E-state index in [9.17, 15) is 14.4 Å². The van der Waals surface area contributed by atoms with Gasteiger partial charge in [0.25, 0.3) is 11.5 Å². The fourth-order valence-electron chi connectivity index (χ4n) is 3.27. The molecule has 2 aromatic heterocycles. The zero-order chi connectivity index (χ0) is 18.3. The topological polar surface area (TPSA) is 118 Å². The van der Waals surface area contributed by atoms with Crippen molar-refractivity contribution in [2.24, 2.45) is 5.73 Å². The summed E-state index contributed by atoms with van der Waals surface area (Å²) in [5, 5.41) is 3.13. The lowest BCUT2D eigenvalue weighted by molar-refractivity contribution is -0.120. The standard InChI is InChI=1S/C18H16N4O3S/c19-14(23)13(9-5-2-1-3-6-9)20-17(25)15-21-16(24)12-10-7-4-8-11(10)26-18(12)22-15/h1-3,5-6,13H,4,7-8H2,(H2,19,23)(H,20,25)(H,21,22,24)/t13-/m0/s1. The van der Waals surface area contributed by atoms with Gasteiger partial charge < -0.3 is 16.0 Å². The zero-order valence-electron chi connectivity index (χ0n) is 13.7. The Morgan fingerprint density at radius 1 is 1.23 bits per heavy atom. The number of nitrogens with two attached hydrogens (primary N) is 1. The van der Waals surface area contributed by atoms with E-state index in [1.165, 1.54) is 11.3 Å². The molecule has 26 heavy (non-hydrogen) atoms. The molecule has 0 spiro atoms. The Balaban J connectivity index is 1.68. The highest BCUT2D eigenvalue weighted by molar-refractivity contribution is 7.18. The lowest BCUT2D eigenvalue weighted by Gasteiger charge is -2.15. The molecule has 0 saturated heterocycles. The van der Waals surface area contributed by atoms with E-state index < -0.39 is 17.9 Å². The fraction of sp³-hybridized carbons (Fsp3) is 0.222. The molecule has 2 heterocycles. The van der Waals surface area contributed by atoms with Crippen LogP contribution in [-0.2, 0) is 17.6 Å². The predicted molar refractivity (Wildman–Crippen MR) is 98.1 cm³/mol. The Labute approximate surface area is 152 Å². The van der Waals surface area contributed by atoms with Crippen molar-refractivity contribution < 1.29 is 9.59 Å². The minimum atomic E-state index is -1.00. The van der Waals surface area contributed by atoms with Crippen LogP contribution in [0.5, 0.6) is 0 Å². The largest absolute Gasteiger partial charge is 0.368 e. The maximum absolute atomic E-state index is 12.6. The molecule has 7 nitrogen and oxygen atoms in total. The third-order valence-electron chi connectivity index (χ3n) is 4.48. The van der Waals surface area contributed by atoms with E-state index >= 15 is 0 Å². The highest BCUT2D eigenvalue weighted by Crippen LogP contribution is 2.34. The van der Waals surface area contributed by atoms with Crippen LogP contribution in [0.4, 0.5) is 0 Å². The predicted octanol–water partition coefficient (Wildman–Crippen LogP) is 1.43. The number of rotatable bonds is 4. The average Bonchev–Trinajstić information content (AvgIpc) is 3.20. The number of amides is 2. The Hall–Kier alpha value is -3.00. The van der Waals surface area contributed by atoms with Crippen molar-refractivity contribution >= 4 is 33.4 Å². The van der Waals surface area contributed by atoms with Gasteiger partial charge in [0, 0.05) is 4.88 Å². The first-order chi connectivity index (χ1) is 12.5. The normalized spacial score (nSPS) is 14.2. The van der Waals surface area contributed by atoms with E-state index in [1.54, 1.807) is 30.3 Å². The average molecular weight is 368 g/mol. The van der Waals surface area contributed by atoms with Crippen LogP contribution >= 0.6 is 11.3 Å². The van der Waals surface area contributed by atoms with Crippen molar-refractivity contribution in [2.75, 3.05) is 0 Å². The molecule has 0 unspecified atom stereocenters. The second-order valence-electron chi connectivity index (χ2n) is 6.17. The first kappa shape index (κ1) is 16.5. The third kappa shape index (κ3) is 2.78. The number of nitrogens with one attached hydrogen (secondary N) is 2. The molecule has 4 rings (SSSR count). The first-order valence-electron chi connectivity index (χ1n) is 8.24. The third-order valence-corrected chi connectivity index (χ3v) is 5.67. The summed E-state index contributed by atoms with van der Waals surface area (Å²) >= 11 is 1.45. The molecular formula is C18H16N4O3S. The van der Waals surface area contributed by atoms with Crippen LogP contribution in [0.1, 0.15) is 39.1 Å². The van der Waals surface area contributed by atoms with Crippen LogP contribution in [0.3, 0.4) is 0 Å². The van der Waals surface area contributed by atoms with Crippen LogP contribution in [0.25, 0.3) is 10.2 Å². The molecule has 1 aromatic carbocycles. The minimum absolute atomic E-state index is 0.121. The number of primary amides is 1. The molecule has 0 fully saturated rings. The lowest BCUT2D eigenvalue weighted by atomic mass is 10.1. The number of hydrogen-bond acceptors (Lipinski definition) is 5. The quantitative estimate of drug-likeness (QED) is 0.645. The molecular weight excluding hydrogens is 352 g/mol. The molecule has 3 aromatic rings. The van der Waals surface area contributed by atoms with Crippen LogP contribution in [-0.4, -0.2) is 21.8 Å². The molecule has 1 aliphatic rings. The van der Waals surface area contributed by atoms with Crippen LogP contribution in [0.2, 0.25) is 0 Å². The molecule has 0 bridgehead atoms. The molecule has 2 amide bonds. The number of aryl methyl sites for hydroxylation is 2. The van der Waals surface area contributed by atoms with E-state index in [2.05, 4.69) is 15.3 Å². The molecule has 8 heteroatoms. The summed E-state index contributed by atoms with van der Waals surface area (Å²) in [6.45, 7) is 0. The first-order valence-corrected chi connectivity index (χ1v) is 9.06. The van der Waals surface area contributed by atoms with E-state index in [0.29, 0.717) is 15.8 Å². The van der Waals surface area contributed by atoms with Gasteiger partial charge in [0.1, 0.15) is 10.9 Å². The summed E-state index contributed by atoms with van der Waals surface area (Å²) in [7, 11) is 0. The Bertz CT molecular complexity index is 1070. The van der Waals surface area contributed by atoms with E-state index in [0.717, 1.165) is 29.7 Å². The number of benzene rings is 1. The SMILES string of the molecule is NC(=O)[C@@H](NC(=O)c1nc2sc3c(c2c(=O)[nH]1)CCC3)c1ccccc1. The highest BCUT2D eigenvalue weighted by Gasteiger charge is 2.25. The molecule has 0 radical (unpaired) electrons. The summed E-state index contributed by atoms with van der Waals surface area (Å²) < 4.78 is 0. The van der Waals surface area contributed by atoms with E-state index in [1.807, 2.05) is 0 Å². The van der Waals surface area contributed by atoms with Gasteiger partial charge in [-0.25, -0.2) is 4.98 Å². The van der Waals surface area contributed by atoms with Gasteiger partial charge >= 0.3 is 0 Å². The number of nitrogens with zero attached hydrogens (tertiary/aromatic N) is 1. The second-order valence-corrected chi connectivity index (χ2v) is 7.26. The van der Waals surface area contributed by atoms with Gasteiger partial charge in [0.15, 0.2) is 0 Å². The van der Waals surface area contributed by atoms with Crippen LogP contribution in [0, 0.1) is 0 Å². The number of hydrogen-bond donors (Lipinski definition) is 3. The highest BCUT2D eigenvalue weighted by atomic mass is 32.1. The lowest BCUT2D eigenvalue weighted by Crippen LogP contribution is -2.38. The molecule has 0 saturated carbocycles. The fourth-order valence-corrected chi connectivity index (χ4v) is 4.54. The molecule has 1 atom stereocenters. The molecule has 0 aliphatic heterocycles. The number of aromatic nitrogens is 2. The Morgan fingerprint density at radius 3 is 2.73 bits per heavy atom. The van der Waals surface area contributed by atoms with Crippen molar-refractivity contribution in [2.45, 2.75) is 25.3 Å². The second kappa shape index (κ2) is 6.38. The molecule has 1 aliphatic carbocycles. The number of carbonyl (C=O) groups excluding carboxylic acids is 2. The van der Waals surface area contributed by atoms with Gasteiger partial charge in [-0.15, -0.1) is 11.3 Å². The van der Waals surface area contributed by atoms with Crippen molar-refractivity contribution in [3.8, 4) is 0 Å². The smallest absolute Gasteiger partial charge is 0.288 e. The molecule has 4 N–H and O–H groups in total. The monoisotopic (exact) mass is 368 g/mol. The van der Waals surface area contributed by atoms with Crippen molar-refractivity contribution in [3.63, 3.8) is 0 Å². The summed E-state index contributed by atoms with van der Waals surface area (Å²) in [6.07, 6.45) is 2.84. The van der Waals surface area contributed by atoms with Gasteiger partial charge in [0.2, 0.25) is 11.7 Å². The van der Waals surface area contributed by atoms with Gasteiger partial charge in [-0.2, -0.15) is 0 Å². The van der Waals surface area contributed by atoms with Crippen LogP contribution < -0.4 is 16.6 Å². The zero-order valence-corrected chi connectivity index (χ0v) is 14.6. The summed E-state index contributed by atoms with van der Waals surface area (Å²) in [5.74, 6) is -1.46. The van der Waals surface area contributed by atoms with Gasteiger partial charge in [0.05, 0.1) is 5.39 Å². The number of fused-ring (bicyclic) bond motifs is 3. The Kier molecular flexibility index (Phi) is 4.04. The van der Waals surface area contributed by atoms with Crippen molar-refractivity contribution in [1.29, 1.82) is 0 Å². The van der Waals surface area contributed by atoms with Crippen LogP contribution in [0.15, 0.2) is 35.1 Å². The van der Waals surface area contributed by atoms with Gasteiger partial charge in [-0.3, -0.25) is 14.4 Å². The maximum atomic E-state index is 12.6. The molecule has 132 valence electrons. The summed E-state index contributed by atoms with van der Waals surface area (Å²) in [6, 6.07) is 7.68. The summed E-state index contributed by atoms with van der Waals surface area (Å²) in [5.41, 5.74) is 6.70. The number of carbonyl (C=O) groups is 2. The van der Waals surface area contributed by atoms with Crippen molar-refractivity contribution in [1.82, 2.24) is 15.3 Å². The maximum Gasteiger partial charge on any atom is 0.288 e.